The number of hydrogen-bond acceptors (Lipinski definition) is 7. The molecular weight excluding hydrogens is 360 g/mol. The Morgan fingerprint density at radius 1 is 1.00 bits per heavy atom. The summed E-state index contributed by atoms with van der Waals surface area (Å²) in [5.41, 5.74) is 0.887. The SMILES string of the molecule is O=C1NC(=S)NC(=O)C1=Cc1ccc(-c2ccc3c(c2)OCOC3=O)o1. The van der Waals surface area contributed by atoms with E-state index in [-0.39, 0.29) is 17.5 Å². The van der Waals surface area contributed by atoms with Gasteiger partial charge in [-0.15, -0.1) is 0 Å². The largest absolute Gasteiger partial charge is 0.457 e. The third-order valence-electron chi connectivity index (χ3n) is 3.75. The van der Waals surface area contributed by atoms with Crippen molar-refractivity contribution in [2.24, 2.45) is 0 Å². The Morgan fingerprint density at radius 3 is 2.54 bits per heavy atom. The van der Waals surface area contributed by atoms with Crippen LogP contribution in [0.4, 0.5) is 0 Å². The van der Waals surface area contributed by atoms with Crippen LogP contribution in [0.2, 0.25) is 0 Å². The molecule has 1 fully saturated rings. The molecule has 2 aromatic rings. The molecule has 0 atom stereocenters. The summed E-state index contributed by atoms with van der Waals surface area (Å²) in [6.07, 6.45) is 1.32. The van der Waals surface area contributed by atoms with Crippen molar-refractivity contribution in [3.8, 4) is 17.1 Å². The normalized spacial score (nSPS) is 16.2. The van der Waals surface area contributed by atoms with Gasteiger partial charge in [-0.2, -0.15) is 0 Å². The summed E-state index contributed by atoms with van der Waals surface area (Å²) in [6, 6.07) is 8.21. The Balaban J connectivity index is 1.64. The molecule has 4 rings (SSSR count). The Morgan fingerprint density at radius 2 is 1.77 bits per heavy atom. The van der Waals surface area contributed by atoms with Gasteiger partial charge < -0.3 is 13.9 Å². The molecule has 1 saturated heterocycles. The maximum absolute atomic E-state index is 11.9. The fourth-order valence-electron chi connectivity index (χ4n) is 2.52. The molecule has 2 N–H and O–H groups in total. The molecule has 8 nitrogen and oxygen atoms in total. The van der Waals surface area contributed by atoms with Crippen LogP contribution in [-0.4, -0.2) is 29.7 Å². The number of rotatable bonds is 2. The van der Waals surface area contributed by atoms with E-state index in [0.29, 0.717) is 28.4 Å². The zero-order valence-electron chi connectivity index (χ0n) is 13.0. The second-order valence-electron chi connectivity index (χ2n) is 5.40. The Hall–Kier alpha value is -3.46. The topological polar surface area (TPSA) is 107 Å². The summed E-state index contributed by atoms with van der Waals surface area (Å²) in [5, 5.41) is 4.66. The average Bonchev–Trinajstić information content (AvgIpc) is 3.07. The van der Waals surface area contributed by atoms with Gasteiger partial charge in [0.1, 0.15) is 28.4 Å². The van der Waals surface area contributed by atoms with E-state index >= 15 is 0 Å². The summed E-state index contributed by atoms with van der Waals surface area (Å²) < 4.78 is 15.8. The van der Waals surface area contributed by atoms with E-state index in [2.05, 4.69) is 10.6 Å². The van der Waals surface area contributed by atoms with Gasteiger partial charge >= 0.3 is 5.97 Å². The first-order valence-corrected chi connectivity index (χ1v) is 7.84. The van der Waals surface area contributed by atoms with E-state index in [9.17, 15) is 14.4 Å². The number of hydrogen-bond donors (Lipinski definition) is 2. The van der Waals surface area contributed by atoms with E-state index in [1.54, 1.807) is 30.3 Å². The van der Waals surface area contributed by atoms with Crippen LogP contribution in [0.1, 0.15) is 16.1 Å². The summed E-state index contributed by atoms with van der Waals surface area (Å²) in [5.74, 6) is -0.459. The molecular formula is C17H10N2O6S. The number of amides is 2. The molecule has 3 heterocycles. The summed E-state index contributed by atoms with van der Waals surface area (Å²) in [6.45, 7) is -0.142. The van der Waals surface area contributed by atoms with Crippen molar-refractivity contribution in [1.82, 2.24) is 10.6 Å². The lowest BCUT2D eigenvalue weighted by Gasteiger charge is -2.17. The summed E-state index contributed by atoms with van der Waals surface area (Å²) >= 11 is 4.74. The van der Waals surface area contributed by atoms with Crippen LogP contribution in [0, 0.1) is 0 Å². The first-order chi connectivity index (χ1) is 12.5. The first kappa shape index (κ1) is 16.0. The van der Waals surface area contributed by atoms with Crippen LogP contribution in [0.15, 0.2) is 40.3 Å². The van der Waals surface area contributed by atoms with Gasteiger partial charge in [-0.3, -0.25) is 20.2 Å². The van der Waals surface area contributed by atoms with Crippen molar-refractivity contribution in [1.29, 1.82) is 0 Å². The van der Waals surface area contributed by atoms with Crippen LogP contribution >= 0.6 is 12.2 Å². The van der Waals surface area contributed by atoms with Crippen molar-refractivity contribution in [2.75, 3.05) is 6.79 Å². The number of furan rings is 1. The highest BCUT2D eigenvalue weighted by Gasteiger charge is 2.26. The zero-order chi connectivity index (χ0) is 18.3. The minimum absolute atomic E-state index is 0.0372. The lowest BCUT2D eigenvalue weighted by Crippen LogP contribution is -2.51. The van der Waals surface area contributed by atoms with Crippen LogP contribution in [-0.2, 0) is 14.3 Å². The third kappa shape index (κ3) is 2.84. The van der Waals surface area contributed by atoms with E-state index in [0.717, 1.165) is 0 Å². The van der Waals surface area contributed by atoms with Gasteiger partial charge in [-0.05, 0) is 42.6 Å². The highest BCUT2D eigenvalue weighted by atomic mass is 32.1. The molecule has 0 aliphatic carbocycles. The standard InChI is InChI=1S/C17H10N2O6S/c20-14-11(15(21)19-17(26)18-14)6-9-2-4-12(25-9)8-1-3-10-13(5-8)23-7-24-16(10)22/h1-6H,7H2,(H2,18,19,20,21,26). The van der Waals surface area contributed by atoms with Crippen molar-refractivity contribution < 1.29 is 28.3 Å². The second-order valence-corrected chi connectivity index (χ2v) is 5.81. The monoisotopic (exact) mass is 370 g/mol. The molecule has 130 valence electrons. The number of carbonyl (C=O) groups is 3. The molecule has 1 aromatic heterocycles. The second kappa shape index (κ2) is 6.12. The molecule has 0 spiro atoms. The Kier molecular flexibility index (Phi) is 3.77. The maximum Gasteiger partial charge on any atom is 0.344 e. The minimum Gasteiger partial charge on any atom is -0.457 e. The van der Waals surface area contributed by atoms with E-state index in [4.69, 9.17) is 26.1 Å². The predicted octanol–water partition coefficient (Wildman–Crippen LogP) is 1.37. The molecule has 9 heteroatoms. The van der Waals surface area contributed by atoms with Crippen LogP contribution in [0.3, 0.4) is 0 Å². The lowest BCUT2D eigenvalue weighted by molar-refractivity contribution is -0.123. The predicted molar refractivity (Wildman–Crippen MR) is 91.9 cm³/mol. The van der Waals surface area contributed by atoms with Crippen molar-refractivity contribution in [3.05, 3.63) is 47.2 Å². The van der Waals surface area contributed by atoms with Crippen LogP contribution in [0.25, 0.3) is 17.4 Å². The van der Waals surface area contributed by atoms with E-state index in [1.807, 2.05) is 0 Å². The van der Waals surface area contributed by atoms with Gasteiger partial charge in [-0.1, -0.05) is 6.07 Å². The van der Waals surface area contributed by atoms with Crippen molar-refractivity contribution >= 4 is 41.2 Å². The zero-order valence-corrected chi connectivity index (χ0v) is 13.8. The highest BCUT2D eigenvalue weighted by molar-refractivity contribution is 7.80. The van der Waals surface area contributed by atoms with Gasteiger partial charge in [0.15, 0.2) is 5.11 Å². The number of ether oxygens (including phenoxy) is 2. The summed E-state index contributed by atoms with van der Waals surface area (Å²) in [7, 11) is 0. The molecule has 2 aliphatic rings. The maximum atomic E-state index is 11.9. The quantitative estimate of drug-likeness (QED) is 0.356. The molecule has 26 heavy (non-hydrogen) atoms. The van der Waals surface area contributed by atoms with Crippen LogP contribution in [0.5, 0.6) is 5.75 Å². The fourth-order valence-corrected chi connectivity index (χ4v) is 2.71. The Bertz CT molecular complexity index is 984. The average molecular weight is 370 g/mol. The number of carbonyl (C=O) groups excluding carboxylic acids is 3. The third-order valence-corrected chi connectivity index (χ3v) is 3.95. The number of nitrogens with one attached hydrogen (secondary N) is 2. The van der Waals surface area contributed by atoms with Crippen LogP contribution < -0.4 is 15.4 Å². The fraction of sp³-hybridized carbons (Fsp3) is 0.0588. The van der Waals surface area contributed by atoms with Gasteiger partial charge in [0.05, 0.1) is 0 Å². The van der Waals surface area contributed by atoms with E-state index < -0.39 is 17.8 Å². The van der Waals surface area contributed by atoms with Gasteiger partial charge in [-0.25, -0.2) is 4.79 Å². The first-order valence-electron chi connectivity index (χ1n) is 7.44. The van der Waals surface area contributed by atoms with Gasteiger partial charge in [0.25, 0.3) is 11.8 Å². The molecule has 0 saturated carbocycles. The molecule has 1 aromatic carbocycles. The highest BCUT2D eigenvalue weighted by Crippen LogP contribution is 2.31. The molecule has 0 unspecified atom stereocenters. The number of thiocarbonyl (C=S) groups is 1. The van der Waals surface area contributed by atoms with Gasteiger partial charge in [0, 0.05) is 5.56 Å². The number of benzene rings is 1. The lowest BCUT2D eigenvalue weighted by atomic mass is 10.1. The van der Waals surface area contributed by atoms with Gasteiger partial charge in [0.2, 0.25) is 6.79 Å². The van der Waals surface area contributed by atoms with Crippen molar-refractivity contribution in [3.63, 3.8) is 0 Å². The Labute approximate surface area is 151 Å². The molecule has 0 bridgehead atoms. The number of cyclic esters (lactones) is 1. The number of esters is 1. The molecule has 0 radical (unpaired) electrons. The summed E-state index contributed by atoms with van der Waals surface area (Å²) in [4.78, 5) is 35.3. The minimum atomic E-state index is -0.600. The number of fused-ring (bicyclic) bond motifs is 1. The van der Waals surface area contributed by atoms with Crippen molar-refractivity contribution in [2.45, 2.75) is 0 Å². The van der Waals surface area contributed by atoms with E-state index in [1.165, 1.54) is 6.08 Å². The molecule has 2 amide bonds. The smallest absolute Gasteiger partial charge is 0.344 e. The molecule has 2 aliphatic heterocycles.